The number of rotatable bonds is 3. The maximum Gasteiger partial charge on any atom is 0.335 e. The summed E-state index contributed by atoms with van der Waals surface area (Å²) in [5, 5.41) is 8.97. The van der Waals surface area contributed by atoms with Crippen LogP contribution in [0, 0.1) is 6.92 Å². The van der Waals surface area contributed by atoms with E-state index in [0.717, 1.165) is 28.2 Å². The fourth-order valence-electron chi connectivity index (χ4n) is 2.77. The molecule has 0 aliphatic carbocycles. The van der Waals surface area contributed by atoms with Crippen molar-refractivity contribution in [1.82, 2.24) is 9.55 Å². The van der Waals surface area contributed by atoms with E-state index < -0.39 is 5.97 Å². The maximum absolute atomic E-state index is 10.9. The number of imidazole rings is 1. The van der Waals surface area contributed by atoms with Gasteiger partial charge in [-0.2, -0.15) is 0 Å². The third-order valence-corrected chi connectivity index (χ3v) is 3.98. The first-order valence-corrected chi connectivity index (χ1v) is 7.20. The van der Waals surface area contributed by atoms with Crippen LogP contribution in [-0.2, 0) is 6.54 Å². The molecule has 0 saturated carbocycles. The highest BCUT2D eigenvalue weighted by Crippen LogP contribution is 2.36. The van der Waals surface area contributed by atoms with Crippen molar-refractivity contribution in [3.63, 3.8) is 0 Å². The Morgan fingerprint density at radius 3 is 2.61 bits per heavy atom. The Hall–Kier alpha value is -3.02. The quantitative estimate of drug-likeness (QED) is 0.805. The predicted octanol–water partition coefficient (Wildman–Crippen LogP) is 2.82. The molecule has 0 amide bonds. The van der Waals surface area contributed by atoms with Crippen LogP contribution in [0.5, 0.6) is 11.5 Å². The van der Waals surface area contributed by atoms with Crippen LogP contribution < -0.4 is 9.47 Å². The lowest BCUT2D eigenvalue weighted by molar-refractivity contribution is 0.0697. The lowest BCUT2D eigenvalue weighted by atomic mass is 10.1. The zero-order valence-electron chi connectivity index (χ0n) is 12.4. The third kappa shape index (κ3) is 2.28. The molecule has 0 saturated heterocycles. The summed E-state index contributed by atoms with van der Waals surface area (Å²) in [7, 11) is 0. The van der Waals surface area contributed by atoms with Gasteiger partial charge in [-0.3, -0.25) is 0 Å². The summed E-state index contributed by atoms with van der Waals surface area (Å²) in [6.07, 6.45) is 0. The van der Waals surface area contributed by atoms with E-state index in [-0.39, 0.29) is 12.4 Å². The first-order valence-electron chi connectivity index (χ1n) is 7.20. The summed E-state index contributed by atoms with van der Waals surface area (Å²) >= 11 is 0. The van der Waals surface area contributed by atoms with Gasteiger partial charge in [0.25, 0.3) is 0 Å². The van der Waals surface area contributed by atoms with E-state index in [1.165, 1.54) is 0 Å². The summed E-state index contributed by atoms with van der Waals surface area (Å²) in [6, 6.07) is 10.7. The van der Waals surface area contributed by atoms with Gasteiger partial charge >= 0.3 is 5.97 Å². The Kier molecular flexibility index (Phi) is 2.97. The van der Waals surface area contributed by atoms with Gasteiger partial charge in [0.15, 0.2) is 11.5 Å². The first kappa shape index (κ1) is 13.6. The number of nitrogens with zero attached hydrogens (tertiary/aromatic N) is 2. The number of aromatic nitrogens is 2. The van der Waals surface area contributed by atoms with Crippen molar-refractivity contribution < 1.29 is 19.4 Å². The average molecular weight is 310 g/mol. The molecule has 2 aromatic carbocycles. The van der Waals surface area contributed by atoms with Crippen molar-refractivity contribution in [2.45, 2.75) is 13.5 Å². The molecule has 23 heavy (non-hydrogen) atoms. The van der Waals surface area contributed by atoms with E-state index in [9.17, 15) is 4.79 Å². The molecule has 3 aromatic rings. The molecular formula is C17H14N2O4. The van der Waals surface area contributed by atoms with Gasteiger partial charge < -0.3 is 19.1 Å². The molecule has 116 valence electrons. The molecular weight excluding hydrogens is 296 g/mol. The van der Waals surface area contributed by atoms with Crippen LogP contribution >= 0.6 is 0 Å². The van der Waals surface area contributed by atoms with Crippen LogP contribution in [0.4, 0.5) is 0 Å². The van der Waals surface area contributed by atoms with Gasteiger partial charge in [-0.1, -0.05) is 12.1 Å². The van der Waals surface area contributed by atoms with Gasteiger partial charge in [0, 0.05) is 18.7 Å². The molecule has 4 rings (SSSR count). The van der Waals surface area contributed by atoms with Crippen molar-refractivity contribution in [3.05, 3.63) is 53.3 Å². The molecule has 0 bridgehead atoms. The second kappa shape index (κ2) is 5.01. The molecule has 6 nitrogen and oxygen atoms in total. The molecule has 6 heteroatoms. The van der Waals surface area contributed by atoms with Gasteiger partial charge in [-0.15, -0.1) is 0 Å². The fourth-order valence-corrected chi connectivity index (χ4v) is 2.77. The summed E-state index contributed by atoms with van der Waals surface area (Å²) < 4.78 is 12.9. The molecule has 0 radical (unpaired) electrons. The smallest absolute Gasteiger partial charge is 0.335 e. The summed E-state index contributed by atoms with van der Waals surface area (Å²) in [5.41, 5.74) is 3.11. The number of carbonyl (C=O) groups is 1. The van der Waals surface area contributed by atoms with Crippen molar-refractivity contribution in [2.24, 2.45) is 0 Å². The van der Waals surface area contributed by atoms with E-state index >= 15 is 0 Å². The number of hydrogen-bond donors (Lipinski definition) is 1. The van der Waals surface area contributed by atoms with Gasteiger partial charge in [0.2, 0.25) is 6.79 Å². The lowest BCUT2D eigenvalue weighted by Gasteiger charge is -2.08. The molecule has 0 atom stereocenters. The SMILES string of the molecule is Cc1nc2cc3c(cc2n1Cc1ccc(C(=O)O)cc1)OCO3. The van der Waals surface area contributed by atoms with Crippen molar-refractivity contribution in [1.29, 1.82) is 0 Å². The molecule has 1 aliphatic heterocycles. The standard InChI is InChI=1S/C17H14N2O4/c1-10-18-13-6-15-16(23-9-22-15)7-14(13)19(10)8-11-2-4-12(5-3-11)17(20)21/h2-7H,8-9H2,1H3,(H,20,21). The number of carboxylic acids is 1. The Labute approximate surface area is 131 Å². The minimum atomic E-state index is -0.923. The number of fused-ring (bicyclic) bond motifs is 2. The predicted molar refractivity (Wildman–Crippen MR) is 83.1 cm³/mol. The van der Waals surface area contributed by atoms with E-state index in [1.807, 2.05) is 31.2 Å². The Morgan fingerprint density at radius 1 is 1.22 bits per heavy atom. The normalized spacial score (nSPS) is 12.7. The number of aromatic carboxylic acids is 1. The topological polar surface area (TPSA) is 73.6 Å². The second-order valence-corrected chi connectivity index (χ2v) is 5.44. The molecule has 1 N–H and O–H groups in total. The van der Waals surface area contributed by atoms with Gasteiger partial charge in [-0.25, -0.2) is 9.78 Å². The zero-order valence-corrected chi connectivity index (χ0v) is 12.4. The van der Waals surface area contributed by atoms with Gasteiger partial charge in [0.1, 0.15) is 5.82 Å². The van der Waals surface area contributed by atoms with Gasteiger partial charge in [-0.05, 0) is 24.6 Å². The van der Waals surface area contributed by atoms with E-state index in [1.54, 1.807) is 12.1 Å². The Balaban J connectivity index is 1.73. The maximum atomic E-state index is 10.9. The van der Waals surface area contributed by atoms with Crippen molar-refractivity contribution >= 4 is 17.0 Å². The molecule has 1 aromatic heterocycles. The average Bonchev–Trinajstić information content (AvgIpc) is 3.10. The van der Waals surface area contributed by atoms with Crippen LogP contribution in [0.1, 0.15) is 21.7 Å². The summed E-state index contributed by atoms with van der Waals surface area (Å²) in [6.45, 7) is 2.79. The van der Waals surface area contributed by atoms with E-state index in [2.05, 4.69) is 9.55 Å². The largest absolute Gasteiger partial charge is 0.478 e. The fraction of sp³-hybridized carbons (Fsp3) is 0.176. The monoisotopic (exact) mass is 310 g/mol. The van der Waals surface area contributed by atoms with Gasteiger partial charge in [0.05, 0.1) is 16.6 Å². The zero-order chi connectivity index (χ0) is 16.0. The van der Waals surface area contributed by atoms with Crippen LogP contribution in [-0.4, -0.2) is 27.4 Å². The summed E-state index contributed by atoms with van der Waals surface area (Å²) in [5.74, 6) is 1.40. The van der Waals surface area contributed by atoms with E-state index in [0.29, 0.717) is 12.3 Å². The molecule has 0 fully saturated rings. The highest BCUT2D eigenvalue weighted by atomic mass is 16.7. The number of carboxylic acid groups (broad SMARTS) is 1. The summed E-state index contributed by atoms with van der Waals surface area (Å²) in [4.78, 5) is 15.5. The Bertz CT molecular complexity index is 912. The van der Waals surface area contributed by atoms with Crippen molar-refractivity contribution in [3.8, 4) is 11.5 Å². The van der Waals surface area contributed by atoms with Crippen LogP contribution in [0.25, 0.3) is 11.0 Å². The first-order chi connectivity index (χ1) is 11.1. The van der Waals surface area contributed by atoms with Crippen LogP contribution in [0.3, 0.4) is 0 Å². The van der Waals surface area contributed by atoms with E-state index in [4.69, 9.17) is 14.6 Å². The minimum Gasteiger partial charge on any atom is -0.478 e. The number of ether oxygens (including phenoxy) is 2. The molecule has 0 unspecified atom stereocenters. The molecule has 1 aliphatic rings. The number of hydrogen-bond acceptors (Lipinski definition) is 4. The lowest BCUT2D eigenvalue weighted by Crippen LogP contribution is -2.03. The second-order valence-electron chi connectivity index (χ2n) is 5.44. The highest BCUT2D eigenvalue weighted by Gasteiger charge is 2.18. The number of benzene rings is 2. The Morgan fingerprint density at radius 2 is 1.91 bits per heavy atom. The van der Waals surface area contributed by atoms with Crippen molar-refractivity contribution in [2.75, 3.05) is 6.79 Å². The van der Waals surface area contributed by atoms with Crippen LogP contribution in [0.2, 0.25) is 0 Å². The van der Waals surface area contributed by atoms with Crippen LogP contribution in [0.15, 0.2) is 36.4 Å². The highest BCUT2D eigenvalue weighted by molar-refractivity contribution is 5.87. The third-order valence-electron chi connectivity index (χ3n) is 3.98. The molecule has 0 spiro atoms. The molecule has 2 heterocycles. The number of aryl methyl sites for hydroxylation is 1. The minimum absolute atomic E-state index is 0.234.